The molecule has 0 radical (unpaired) electrons. The molecule has 0 saturated carbocycles. The Kier molecular flexibility index (Phi) is 15.7. The molecule has 17 heteroatoms. The van der Waals surface area contributed by atoms with E-state index in [0.29, 0.717) is 72.1 Å². The van der Waals surface area contributed by atoms with Crippen LogP contribution in [0.5, 0.6) is 0 Å². The average Bonchev–Trinajstić information content (AvgIpc) is 4.10. The first-order chi connectivity index (χ1) is 33.6. The third-order valence-corrected chi connectivity index (χ3v) is 12.5. The minimum absolute atomic E-state index is 0. The van der Waals surface area contributed by atoms with Crippen molar-refractivity contribution in [2.75, 3.05) is 0 Å². The van der Waals surface area contributed by atoms with E-state index in [-0.39, 0.29) is 66.7 Å². The van der Waals surface area contributed by atoms with Gasteiger partial charge in [0.2, 0.25) is 0 Å². The molecule has 0 unspecified atom stereocenters. The maximum absolute atomic E-state index is 5.34. The maximum atomic E-state index is 5.34. The predicted molar refractivity (Wildman–Crippen MR) is 257 cm³/mol. The van der Waals surface area contributed by atoms with Gasteiger partial charge in [-0.15, -0.1) is 0 Å². The number of aromatic nitrogens is 12. The Labute approximate surface area is 455 Å². The summed E-state index contributed by atoms with van der Waals surface area (Å²) in [6.45, 7) is 2.70. The Morgan fingerprint density at radius 2 is 0.562 bits per heavy atom. The third kappa shape index (κ3) is 10.3. The Morgan fingerprint density at radius 1 is 0.288 bits per heavy atom. The number of nitrogens with zero attached hydrogens (tertiary/aromatic N) is 12. The van der Waals surface area contributed by atoms with Gasteiger partial charge in [0, 0.05) is 116 Å². The molecule has 13 rings (SSSR count). The second-order valence-electron chi connectivity index (χ2n) is 17.2. The van der Waals surface area contributed by atoms with Gasteiger partial charge >= 0.3 is 17.1 Å². The van der Waals surface area contributed by atoms with Gasteiger partial charge in [0.05, 0.1) is 23.3 Å². The van der Waals surface area contributed by atoms with Crippen molar-refractivity contribution in [1.82, 2.24) is 39.9 Å². The van der Waals surface area contributed by atoms with Gasteiger partial charge in [0.15, 0.2) is 75.8 Å². The molecule has 73 heavy (non-hydrogen) atoms. The first-order valence-corrected chi connectivity index (χ1v) is 22.6. The fourth-order valence-corrected chi connectivity index (χ4v) is 9.25. The van der Waals surface area contributed by atoms with Gasteiger partial charge in [-0.25, -0.2) is 28.2 Å². The summed E-state index contributed by atoms with van der Waals surface area (Å²) in [4.78, 5) is 42.1. The molecule has 0 fully saturated rings. The molecule has 0 aliphatic carbocycles. The van der Waals surface area contributed by atoms with Crippen LogP contribution < -0.4 is 77.9 Å². The van der Waals surface area contributed by atoms with Crippen LogP contribution in [0.15, 0.2) is 195 Å². The van der Waals surface area contributed by atoms with E-state index >= 15 is 0 Å². The first-order valence-electron chi connectivity index (χ1n) is 22.6. The van der Waals surface area contributed by atoms with Crippen LogP contribution in [0.2, 0.25) is 0 Å². The molecule has 2 aliphatic rings. The number of halogens is 4. The standard InChI is InChI=1S/C56H40N12.4ClH.Cu/c1-5-21-65(22-6-1)33-37-13-17-41-45(29-37)53-58-49(41)57-50-42-18-14-39(35-67-25-9-3-10-26-67)31-47(42)55(59-50)64-56-48-32-40(36-68-27-11-4-12-28-68)16-20-44(48)52(63-56)62-54-46-30-38(34-66-23-7-2-8-24-66)15-19-43(46)51(60-53)61-54;;;;;/h1-32H,33-36H2;4*1H;/q+2;;;;;+1/p-4. The smallest absolute Gasteiger partial charge is 1.00 e. The van der Waals surface area contributed by atoms with Crippen LogP contribution in [0.3, 0.4) is 0 Å². The van der Waals surface area contributed by atoms with Gasteiger partial charge in [0.1, 0.15) is 0 Å². The zero-order chi connectivity index (χ0) is 45.0. The Bertz CT molecular complexity index is 3940. The molecule has 12 nitrogen and oxygen atoms in total. The van der Waals surface area contributed by atoms with E-state index in [1.807, 2.05) is 72.8 Å². The molecule has 0 spiro atoms. The van der Waals surface area contributed by atoms with Crippen LogP contribution in [-0.4, -0.2) is 29.9 Å². The van der Waals surface area contributed by atoms with Gasteiger partial charge in [0.25, 0.3) is 0 Å². The summed E-state index contributed by atoms with van der Waals surface area (Å²) >= 11 is 0. The molecule has 0 saturated heterocycles. The fraction of sp³-hybridized carbons (Fsp3) is 0.0714. The van der Waals surface area contributed by atoms with E-state index in [1.54, 1.807) is 0 Å². The van der Waals surface area contributed by atoms with E-state index in [0.717, 1.165) is 66.1 Å². The summed E-state index contributed by atoms with van der Waals surface area (Å²) in [7, 11) is 0. The summed E-state index contributed by atoms with van der Waals surface area (Å²) in [5.74, 6) is 2.07. The summed E-state index contributed by atoms with van der Waals surface area (Å²) < 4.78 is 8.61. The molecule has 8 bridgehead atoms. The molecule has 0 N–H and O–H groups in total. The summed E-state index contributed by atoms with van der Waals surface area (Å²) in [5.41, 5.74) is 9.94. The van der Waals surface area contributed by atoms with Crippen LogP contribution in [0.25, 0.3) is 89.7 Å². The van der Waals surface area contributed by atoms with Crippen LogP contribution >= 0.6 is 0 Å². The normalized spacial score (nSPS) is 11.0. The van der Waals surface area contributed by atoms with Crippen molar-refractivity contribution in [2.45, 2.75) is 26.2 Å². The van der Waals surface area contributed by atoms with E-state index in [1.165, 1.54) is 0 Å². The minimum Gasteiger partial charge on any atom is -1.00 e. The van der Waals surface area contributed by atoms with Gasteiger partial charge in [-0.3, -0.25) is 0 Å². The average molecular weight is 1090 g/mol. The van der Waals surface area contributed by atoms with Gasteiger partial charge in [-0.2, -0.15) is 0 Å². The number of pyridine rings is 4. The fourth-order valence-electron chi connectivity index (χ4n) is 9.25. The zero-order valence-corrected chi connectivity index (χ0v) is 42.4. The summed E-state index contributed by atoms with van der Waals surface area (Å²) in [6, 6.07) is 50.0. The van der Waals surface area contributed by atoms with Gasteiger partial charge in [-0.1, -0.05) is 72.8 Å². The SMILES string of the molecule is [Cl-].[Cl-].[Cl-].[Cl-].[Cu+].c1cc[n+](Cc2ccc3c(c2)-c2nc-3nc3[n-]c(nc4nc(nc5[n-]c(n2)c2ccc(C[n+]6ccccc6)cc52)-c2ccc(C[n+]5ccccc5)cc2-4)c2cc(C[n+]4ccccc4)ccc32)cc1. The molecule has 0 atom stereocenters. The van der Waals surface area contributed by atoms with Crippen molar-refractivity contribution >= 4 is 44.1 Å². The Hall–Kier alpha value is -7.48. The van der Waals surface area contributed by atoms with Crippen LogP contribution in [0.4, 0.5) is 0 Å². The summed E-state index contributed by atoms with van der Waals surface area (Å²) in [5, 5.41) is 3.46. The van der Waals surface area contributed by atoms with Crippen molar-refractivity contribution in [3.8, 4) is 45.6 Å². The molecule has 364 valence electrons. The van der Waals surface area contributed by atoms with E-state index in [2.05, 4.69) is 141 Å². The number of rotatable bonds is 8. The monoisotopic (exact) mass is 1080 g/mol. The predicted octanol–water partition coefficient (Wildman–Crippen LogP) is -4.52. The second kappa shape index (κ2) is 22.1. The zero-order valence-electron chi connectivity index (χ0n) is 38.5. The number of hydrogen-bond donors (Lipinski definition) is 0. The minimum atomic E-state index is 0. The second-order valence-corrected chi connectivity index (χ2v) is 17.2. The molecule has 11 aromatic rings. The Morgan fingerprint density at radius 3 is 0.890 bits per heavy atom. The van der Waals surface area contributed by atoms with Crippen LogP contribution in [0, 0.1) is 0 Å². The van der Waals surface area contributed by atoms with Crippen molar-refractivity contribution in [3.05, 3.63) is 217 Å². The van der Waals surface area contributed by atoms with E-state index in [9.17, 15) is 0 Å². The van der Waals surface area contributed by atoms with Crippen molar-refractivity contribution < 1.29 is 85.0 Å². The molecule has 9 heterocycles. The number of benzene rings is 4. The summed E-state index contributed by atoms with van der Waals surface area (Å²) in [6.07, 6.45) is 16.5. The van der Waals surface area contributed by atoms with E-state index in [4.69, 9.17) is 39.9 Å². The Balaban J connectivity index is 0.00000142. The van der Waals surface area contributed by atoms with Crippen molar-refractivity contribution in [2.24, 2.45) is 0 Å². The van der Waals surface area contributed by atoms with Crippen LogP contribution in [0.1, 0.15) is 22.3 Å². The third-order valence-electron chi connectivity index (χ3n) is 12.5. The van der Waals surface area contributed by atoms with Crippen LogP contribution in [-0.2, 0) is 43.2 Å². The molecule has 2 aliphatic heterocycles. The largest absolute Gasteiger partial charge is 1.00 e. The molecule has 0 amide bonds. The number of hydrogen-bond acceptors (Lipinski definition) is 6. The van der Waals surface area contributed by atoms with Crippen molar-refractivity contribution in [1.29, 1.82) is 0 Å². The maximum Gasteiger partial charge on any atom is 1.00 e. The first kappa shape index (κ1) is 51.9. The van der Waals surface area contributed by atoms with Crippen molar-refractivity contribution in [3.63, 3.8) is 0 Å². The topological polar surface area (TPSA) is 121 Å². The quantitative estimate of drug-likeness (QED) is 0.111. The molecular formula is C56H40Cl4CuN12-. The van der Waals surface area contributed by atoms with Gasteiger partial charge in [-0.05, 0) is 45.8 Å². The number of fused-ring (bicyclic) bond motifs is 20. The molecule has 7 aromatic heterocycles. The van der Waals surface area contributed by atoms with E-state index < -0.39 is 0 Å². The molecular weight excluding hydrogens is 1050 g/mol. The van der Waals surface area contributed by atoms with Gasteiger partial charge < -0.3 is 79.5 Å². The molecule has 4 aromatic carbocycles.